The molecule has 2 N–H and O–H groups in total. The molecule has 21 heavy (non-hydrogen) atoms. The molecule has 0 bridgehead atoms. The van der Waals surface area contributed by atoms with Crippen LogP contribution < -0.4 is 5.73 Å². The van der Waals surface area contributed by atoms with Crippen LogP contribution in [-0.2, 0) is 17.6 Å². The van der Waals surface area contributed by atoms with Gasteiger partial charge in [-0.2, -0.15) is 0 Å². The third kappa shape index (κ3) is 3.83. The normalized spacial score (nSPS) is 11.9. The molecule has 2 aromatic carbocycles. The van der Waals surface area contributed by atoms with E-state index in [1.165, 1.54) is 5.56 Å². The van der Waals surface area contributed by atoms with Gasteiger partial charge in [-0.25, -0.2) is 0 Å². The second kappa shape index (κ2) is 6.90. The minimum absolute atomic E-state index is 0.319. The molecule has 0 aliphatic carbocycles. The van der Waals surface area contributed by atoms with Gasteiger partial charge in [-0.1, -0.05) is 55.5 Å². The fourth-order valence-corrected chi connectivity index (χ4v) is 2.18. The fourth-order valence-electron chi connectivity index (χ4n) is 2.18. The average molecular weight is 282 g/mol. The molecule has 0 radical (unpaired) electrons. The Bertz CT molecular complexity index is 618. The summed E-state index contributed by atoms with van der Waals surface area (Å²) in [5, 5.41) is 2.35. The Morgan fingerprint density at radius 1 is 1.00 bits per heavy atom. The maximum atomic E-state index is 11.1. The van der Waals surface area contributed by atoms with E-state index in [0.29, 0.717) is 6.42 Å². The van der Waals surface area contributed by atoms with E-state index in [9.17, 15) is 9.70 Å². The van der Waals surface area contributed by atoms with Crippen LogP contribution in [0.25, 0.3) is 11.1 Å². The summed E-state index contributed by atoms with van der Waals surface area (Å²) in [5.41, 5.74) is 10.1. The number of carbonyl (C=O) groups excluding carboxylic acids is 1. The number of hydrogen-bond acceptors (Lipinski definition) is 3. The number of hydrogen-bond donors (Lipinski definition) is 1. The Hall–Kier alpha value is -2.33. The summed E-state index contributed by atoms with van der Waals surface area (Å²) in [6, 6.07) is 15.4. The van der Waals surface area contributed by atoms with Crippen molar-refractivity contribution in [3.8, 4) is 11.1 Å². The molecule has 0 saturated carbocycles. The molecule has 1 unspecified atom stereocenters. The van der Waals surface area contributed by atoms with E-state index in [1.54, 1.807) is 0 Å². The third-order valence-corrected chi connectivity index (χ3v) is 3.51. The summed E-state index contributed by atoms with van der Waals surface area (Å²) < 4.78 is 0. The van der Waals surface area contributed by atoms with Crippen LogP contribution in [-0.4, -0.2) is 11.9 Å². The van der Waals surface area contributed by atoms with Gasteiger partial charge in [0, 0.05) is 5.18 Å². The predicted octanol–water partition coefficient (Wildman–Crippen LogP) is 3.08. The van der Waals surface area contributed by atoms with Crippen LogP contribution in [0.3, 0.4) is 0 Å². The van der Waals surface area contributed by atoms with Crippen LogP contribution in [0.5, 0.6) is 0 Å². The van der Waals surface area contributed by atoms with Crippen LogP contribution in [0.4, 0.5) is 0 Å². The molecule has 0 spiro atoms. The lowest BCUT2D eigenvalue weighted by molar-refractivity contribution is -0.119. The topological polar surface area (TPSA) is 72.5 Å². The van der Waals surface area contributed by atoms with E-state index in [4.69, 9.17) is 5.73 Å². The molecule has 0 aliphatic heterocycles. The minimum atomic E-state index is -0.864. The zero-order valence-corrected chi connectivity index (χ0v) is 12.0. The van der Waals surface area contributed by atoms with E-state index in [1.807, 2.05) is 24.3 Å². The monoisotopic (exact) mass is 282 g/mol. The molecule has 0 saturated heterocycles. The van der Waals surface area contributed by atoms with Gasteiger partial charge in [-0.05, 0) is 35.1 Å². The first-order valence-corrected chi connectivity index (χ1v) is 6.95. The lowest BCUT2D eigenvalue weighted by Gasteiger charge is -2.08. The van der Waals surface area contributed by atoms with Crippen LogP contribution in [0.1, 0.15) is 18.1 Å². The average Bonchev–Trinajstić information content (AvgIpc) is 2.55. The van der Waals surface area contributed by atoms with E-state index >= 15 is 0 Å². The van der Waals surface area contributed by atoms with Crippen molar-refractivity contribution < 1.29 is 4.79 Å². The summed E-state index contributed by atoms with van der Waals surface area (Å²) in [5.74, 6) is -0.811. The van der Waals surface area contributed by atoms with Crippen molar-refractivity contribution in [3.63, 3.8) is 0 Å². The number of carbonyl (C=O) groups is 1. The highest BCUT2D eigenvalue weighted by atomic mass is 16.3. The Labute approximate surface area is 124 Å². The van der Waals surface area contributed by atoms with E-state index in [-0.39, 0.29) is 0 Å². The van der Waals surface area contributed by atoms with Gasteiger partial charge in [0.05, 0.1) is 6.04 Å². The smallest absolute Gasteiger partial charge is 0.303 e. The third-order valence-electron chi connectivity index (χ3n) is 3.51. The van der Waals surface area contributed by atoms with Gasteiger partial charge >= 0.3 is 5.91 Å². The summed E-state index contributed by atoms with van der Waals surface area (Å²) >= 11 is 0. The van der Waals surface area contributed by atoms with Gasteiger partial charge in [-0.15, -0.1) is 4.91 Å². The fraction of sp³-hybridized carbons (Fsp3) is 0.235. The number of rotatable bonds is 5. The largest absolute Gasteiger partial charge is 0.319 e. The highest BCUT2D eigenvalue weighted by Gasteiger charge is 2.14. The number of nitrogens with two attached hydrogens (primary N) is 1. The van der Waals surface area contributed by atoms with Gasteiger partial charge in [0.25, 0.3) is 0 Å². The molecule has 0 aliphatic rings. The van der Waals surface area contributed by atoms with Crippen molar-refractivity contribution in [2.24, 2.45) is 10.9 Å². The molecule has 1 amide bonds. The van der Waals surface area contributed by atoms with Crippen molar-refractivity contribution in [3.05, 3.63) is 64.6 Å². The van der Waals surface area contributed by atoms with Gasteiger partial charge in [0.15, 0.2) is 0 Å². The molecule has 4 nitrogen and oxygen atoms in total. The van der Waals surface area contributed by atoms with Crippen molar-refractivity contribution >= 4 is 5.91 Å². The molecule has 4 heteroatoms. The Kier molecular flexibility index (Phi) is 4.95. The zero-order chi connectivity index (χ0) is 15.2. The zero-order valence-electron chi connectivity index (χ0n) is 12.0. The molecule has 108 valence electrons. The molecular formula is C17H18N2O2. The number of benzene rings is 2. The van der Waals surface area contributed by atoms with Crippen LogP contribution in [0.2, 0.25) is 0 Å². The lowest BCUT2D eigenvalue weighted by Crippen LogP contribution is -2.31. The van der Waals surface area contributed by atoms with E-state index < -0.39 is 11.9 Å². The van der Waals surface area contributed by atoms with E-state index in [0.717, 1.165) is 23.1 Å². The molecule has 0 heterocycles. The lowest BCUT2D eigenvalue weighted by atomic mass is 9.99. The van der Waals surface area contributed by atoms with Gasteiger partial charge < -0.3 is 5.73 Å². The second-order valence-corrected chi connectivity index (χ2v) is 4.99. The molecule has 0 fully saturated rings. The van der Waals surface area contributed by atoms with Gasteiger partial charge in [0.1, 0.15) is 0 Å². The standard InChI is InChI=1S/C17H18N2O2/c1-2-12-3-7-14(8-4-12)15-9-5-13(6-10-15)11-16(18)17(20)19-21/h3-10,16H,2,11,18H2,1H3. The number of nitrogens with zero attached hydrogens (tertiary/aromatic N) is 1. The van der Waals surface area contributed by atoms with Crippen molar-refractivity contribution in [2.45, 2.75) is 25.8 Å². The summed E-state index contributed by atoms with van der Waals surface area (Å²) in [7, 11) is 0. The Balaban J connectivity index is 2.10. The van der Waals surface area contributed by atoms with Crippen molar-refractivity contribution in [1.29, 1.82) is 0 Å². The molecule has 0 aromatic heterocycles. The first-order chi connectivity index (χ1) is 10.1. The SMILES string of the molecule is CCc1ccc(-c2ccc(CC(N)C(=O)N=O)cc2)cc1. The van der Waals surface area contributed by atoms with Crippen LogP contribution >= 0.6 is 0 Å². The maximum absolute atomic E-state index is 11.1. The quantitative estimate of drug-likeness (QED) is 0.856. The summed E-state index contributed by atoms with van der Waals surface area (Å²) in [6.45, 7) is 2.13. The predicted molar refractivity (Wildman–Crippen MR) is 83.7 cm³/mol. The minimum Gasteiger partial charge on any atom is -0.319 e. The highest BCUT2D eigenvalue weighted by Crippen LogP contribution is 2.21. The van der Waals surface area contributed by atoms with E-state index in [2.05, 4.69) is 36.4 Å². The van der Waals surface area contributed by atoms with Gasteiger partial charge in [0.2, 0.25) is 0 Å². The van der Waals surface area contributed by atoms with Gasteiger partial charge in [-0.3, -0.25) is 4.79 Å². The number of aryl methyl sites for hydroxylation is 1. The number of amides is 1. The molecular weight excluding hydrogens is 264 g/mol. The van der Waals surface area contributed by atoms with Crippen molar-refractivity contribution in [2.75, 3.05) is 0 Å². The van der Waals surface area contributed by atoms with Crippen LogP contribution in [0, 0.1) is 4.91 Å². The molecule has 1 atom stereocenters. The second-order valence-electron chi connectivity index (χ2n) is 4.99. The number of nitroso groups, excluding NO2 is 1. The Morgan fingerprint density at radius 2 is 1.48 bits per heavy atom. The molecule has 2 rings (SSSR count). The molecule has 2 aromatic rings. The Morgan fingerprint density at radius 3 is 1.90 bits per heavy atom. The highest BCUT2D eigenvalue weighted by molar-refractivity contribution is 5.82. The van der Waals surface area contributed by atoms with Crippen LogP contribution in [0.15, 0.2) is 53.7 Å². The summed E-state index contributed by atoms with van der Waals surface area (Å²) in [6.07, 6.45) is 1.34. The van der Waals surface area contributed by atoms with Crippen molar-refractivity contribution in [1.82, 2.24) is 0 Å². The summed E-state index contributed by atoms with van der Waals surface area (Å²) in [4.78, 5) is 21.2. The first kappa shape index (κ1) is 15.1. The maximum Gasteiger partial charge on any atom is 0.303 e. The first-order valence-electron chi connectivity index (χ1n) is 6.95.